The summed E-state index contributed by atoms with van der Waals surface area (Å²) in [4.78, 5) is 14.0. The molecule has 0 saturated heterocycles. The number of methoxy groups -OCH3 is 1. The van der Waals surface area contributed by atoms with Crippen LogP contribution in [0.25, 0.3) is 0 Å². The number of benzene rings is 1. The van der Waals surface area contributed by atoms with E-state index in [4.69, 9.17) is 9.16 Å². The molecule has 0 N–H and O–H groups in total. The van der Waals surface area contributed by atoms with E-state index in [1.807, 2.05) is 12.3 Å². The minimum Gasteiger partial charge on any atom is -0.452 e. The third-order valence-electron chi connectivity index (χ3n) is 6.27. The lowest BCUT2D eigenvalue weighted by atomic mass is 9.86. The third kappa shape index (κ3) is 6.08. The number of ether oxygens (including phenoxy) is 1. The molecular weight excluding hydrogens is 390 g/mol. The van der Waals surface area contributed by atoms with Gasteiger partial charge >= 0.3 is 6.09 Å². The van der Waals surface area contributed by atoms with Crippen LogP contribution in [-0.4, -0.2) is 39.1 Å². The van der Waals surface area contributed by atoms with Crippen LogP contribution < -0.4 is 0 Å². The van der Waals surface area contributed by atoms with E-state index in [0.29, 0.717) is 6.61 Å². The van der Waals surface area contributed by atoms with Crippen LogP contribution in [0.4, 0.5) is 4.79 Å². The molecule has 2 rings (SSSR count). The summed E-state index contributed by atoms with van der Waals surface area (Å²) in [7, 11) is -0.413. The molecule has 1 aliphatic rings. The van der Waals surface area contributed by atoms with Gasteiger partial charge in [-0.1, -0.05) is 71.9 Å². The van der Waals surface area contributed by atoms with Gasteiger partial charge in [0.15, 0.2) is 8.32 Å². The van der Waals surface area contributed by atoms with Crippen molar-refractivity contribution >= 4 is 14.4 Å². The van der Waals surface area contributed by atoms with Crippen LogP contribution in [0, 0.1) is 0 Å². The SMILES string of the molecule is COC(=O)N1C=CC(CO[Si](C)(C)C(C)(C)C)=CC1Cc1ccc(C(C)(C)C)cc1. The summed E-state index contributed by atoms with van der Waals surface area (Å²) in [5, 5.41) is 0.165. The predicted molar refractivity (Wildman–Crippen MR) is 127 cm³/mol. The van der Waals surface area contributed by atoms with Gasteiger partial charge in [-0.15, -0.1) is 0 Å². The Morgan fingerprint density at radius 3 is 2.17 bits per heavy atom. The number of carbonyl (C=O) groups excluding carboxylic acids is 1. The lowest BCUT2D eigenvalue weighted by Crippen LogP contribution is -2.42. The first-order valence-corrected chi connectivity index (χ1v) is 13.6. The fraction of sp³-hybridized carbons (Fsp3) is 0.560. The Labute approximate surface area is 184 Å². The van der Waals surface area contributed by atoms with E-state index >= 15 is 0 Å². The third-order valence-corrected chi connectivity index (χ3v) is 10.7. The second-order valence-electron chi connectivity index (χ2n) is 10.7. The monoisotopic (exact) mass is 429 g/mol. The Kier molecular flexibility index (Phi) is 7.41. The van der Waals surface area contributed by atoms with Gasteiger partial charge < -0.3 is 9.16 Å². The fourth-order valence-corrected chi connectivity index (χ4v) is 4.05. The molecule has 0 aliphatic carbocycles. The van der Waals surface area contributed by atoms with E-state index in [1.54, 1.807) is 4.90 Å². The zero-order valence-electron chi connectivity index (χ0n) is 20.2. The van der Waals surface area contributed by atoms with E-state index < -0.39 is 8.32 Å². The maximum Gasteiger partial charge on any atom is 0.414 e. The van der Waals surface area contributed by atoms with E-state index in [-0.39, 0.29) is 22.6 Å². The minimum atomic E-state index is -1.83. The standard InChI is InChI=1S/C25H39NO3Si/c1-24(2,3)21-12-10-19(11-13-21)16-22-17-20(14-15-26(22)23(27)28-7)18-29-30(8,9)25(4,5)6/h10-15,17,22H,16,18H2,1-9H3. The summed E-state index contributed by atoms with van der Waals surface area (Å²) in [5.74, 6) is 0. The van der Waals surface area contributed by atoms with E-state index in [0.717, 1.165) is 12.0 Å². The first-order valence-electron chi connectivity index (χ1n) is 10.7. The van der Waals surface area contributed by atoms with E-state index in [1.165, 1.54) is 18.2 Å². The van der Waals surface area contributed by atoms with E-state index in [2.05, 4.69) is 85.0 Å². The molecule has 4 nitrogen and oxygen atoms in total. The highest BCUT2D eigenvalue weighted by molar-refractivity contribution is 6.74. The van der Waals surface area contributed by atoms with Gasteiger partial charge in [-0.3, -0.25) is 4.90 Å². The van der Waals surface area contributed by atoms with Crippen LogP contribution in [0.5, 0.6) is 0 Å². The van der Waals surface area contributed by atoms with Crippen molar-refractivity contribution in [1.82, 2.24) is 4.90 Å². The van der Waals surface area contributed by atoms with Crippen LogP contribution in [0.1, 0.15) is 52.7 Å². The number of hydrogen-bond acceptors (Lipinski definition) is 3. The number of nitrogens with zero attached hydrogens (tertiary/aromatic N) is 1. The van der Waals surface area contributed by atoms with Gasteiger partial charge in [0.25, 0.3) is 0 Å². The molecule has 0 fully saturated rings. The van der Waals surface area contributed by atoms with Crippen molar-refractivity contribution in [2.75, 3.05) is 13.7 Å². The molecule has 1 unspecified atom stereocenters. The molecule has 1 heterocycles. The van der Waals surface area contributed by atoms with Crippen molar-refractivity contribution in [1.29, 1.82) is 0 Å². The van der Waals surface area contributed by atoms with Crippen molar-refractivity contribution in [3.63, 3.8) is 0 Å². The second kappa shape index (κ2) is 9.11. The van der Waals surface area contributed by atoms with Crippen molar-refractivity contribution < 1.29 is 14.0 Å². The first kappa shape index (κ1) is 24.4. The molecule has 1 atom stereocenters. The average molecular weight is 430 g/mol. The molecule has 1 amide bonds. The average Bonchev–Trinajstić information content (AvgIpc) is 2.65. The Morgan fingerprint density at radius 1 is 1.07 bits per heavy atom. The number of carbonyl (C=O) groups is 1. The van der Waals surface area contributed by atoms with Crippen LogP contribution in [0.15, 0.2) is 48.2 Å². The summed E-state index contributed by atoms with van der Waals surface area (Å²) in [6.07, 6.45) is 6.31. The van der Waals surface area contributed by atoms with Gasteiger partial charge in [-0.2, -0.15) is 0 Å². The zero-order valence-corrected chi connectivity index (χ0v) is 21.2. The lowest BCUT2D eigenvalue weighted by Gasteiger charge is -2.37. The molecule has 1 aromatic rings. The highest BCUT2D eigenvalue weighted by Crippen LogP contribution is 2.37. The fourth-order valence-electron chi connectivity index (χ4n) is 3.09. The molecule has 30 heavy (non-hydrogen) atoms. The van der Waals surface area contributed by atoms with Gasteiger partial charge in [-0.25, -0.2) is 4.79 Å². The van der Waals surface area contributed by atoms with Gasteiger partial charge in [0.1, 0.15) is 0 Å². The predicted octanol–water partition coefficient (Wildman–Crippen LogP) is 6.44. The molecule has 0 bridgehead atoms. The molecule has 1 aliphatic heterocycles. The smallest absolute Gasteiger partial charge is 0.414 e. The minimum absolute atomic E-state index is 0.0963. The number of rotatable bonds is 5. The summed E-state index contributed by atoms with van der Waals surface area (Å²) in [6.45, 7) is 18.5. The quantitative estimate of drug-likeness (QED) is 0.506. The largest absolute Gasteiger partial charge is 0.452 e. The summed E-state index contributed by atoms with van der Waals surface area (Å²) in [5.41, 5.74) is 3.73. The normalized spacial score (nSPS) is 17.7. The molecule has 5 heteroatoms. The van der Waals surface area contributed by atoms with Gasteiger partial charge in [0.05, 0.1) is 19.8 Å². The highest BCUT2D eigenvalue weighted by Gasteiger charge is 2.37. The Bertz CT molecular complexity index is 795. The molecule has 1 aromatic carbocycles. The first-order chi connectivity index (χ1) is 13.7. The van der Waals surface area contributed by atoms with Crippen LogP contribution in [-0.2, 0) is 21.0 Å². The van der Waals surface area contributed by atoms with Crippen molar-refractivity contribution in [2.24, 2.45) is 0 Å². The van der Waals surface area contributed by atoms with Gasteiger partial charge in [0.2, 0.25) is 0 Å². The molecular formula is C25H39NO3Si. The molecule has 0 radical (unpaired) electrons. The Hall–Kier alpha value is -1.85. The van der Waals surface area contributed by atoms with Gasteiger partial charge in [0, 0.05) is 6.20 Å². The van der Waals surface area contributed by atoms with Gasteiger partial charge in [-0.05, 0) is 52.7 Å². The molecule has 0 aromatic heterocycles. The summed E-state index contributed by atoms with van der Waals surface area (Å²) >= 11 is 0. The van der Waals surface area contributed by atoms with Crippen LogP contribution >= 0.6 is 0 Å². The van der Waals surface area contributed by atoms with E-state index in [9.17, 15) is 4.79 Å². The highest BCUT2D eigenvalue weighted by atomic mass is 28.4. The Morgan fingerprint density at radius 2 is 1.67 bits per heavy atom. The van der Waals surface area contributed by atoms with Crippen molar-refractivity contribution in [2.45, 2.75) is 77.6 Å². The maximum absolute atomic E-state index is 12.3. The zero-order chi connectivity index (χ0) is 22.7. The number of hydrogen-bond donors (Lipinski definition) is 0. The van der Waals surface area contributed by atoms with Crippen molar-refractivity contribution in [3.05, 3.63) is 59.3 Å². The van der Waals surface area contributed by atoms with Crippen LogP contribution in [0.2, 0.25) is 18.1 Å². The molecule has 166 valence electrons. The topological polar surface area (TPSA) is 38.8 Å². The molecule has 0 spiro atoms. The Balaban J connectivity index is 2.19. The maximum atomic E-state index is 12.3. The number of amides is 1. The summed E-state index contributed by atoms with van der Waals surface area (Å²) in [6, 6.07) is 8.59. The van der Waals surface area contributed by atoms with Crippen molar-refractivity contribution in [3.8, 4) is 0 Å². The molecule has 0 saturated carbocycles. The second-order valence-corrected chi connectivity index (χ2v) is 15.5. The lowest BCUT2D eigenvalue weighted by molar-refractivity contribution is 0.131. The van der Waals surface area contributed by atoms with Crippen LogP contribution in [0.3, 0.4) is 0 Å². The summed E-state index contributed by atoms with van der Waals surface area (Å²) < 4.78 is 11.4.